The van der Waals surface area contributed by atoms with Crippen molar-refractivity contribution in [2.45, 2.75) is 111 Å². The fourth-order valence-corrected chi connectivity index (χ4v) is 4.40. The second-order valence-electron chi connectivity index (χ2n) is 11.1. The van der Waals surface area contributed by atoms with Crippen LogP contribution in [0.25, 0.3) is 10.9 Å². The summed E-state index contributed by atoms with van der Waals surface area (Å²) in [5.74, 6) is 2.50. The van der Waals surface area contributed by atoms with E-state index in [-0.39, 0.29) is 46.8 Å². The normalized spacial score (nSPS) is 17.6. The molecule has 0 spiro atoms. The van der Waals surface area contributed by atoms with Crippen molar-refractivity contribution in [2.24, 2.45) is 0 Å². The summed E-state index contributed by atoms with van der Waals surface area (Å²) < 4.78 is 41.5. The third kappa shape index (κ3) is 9.28. The van der Waals surface area contributed by atoms with Crippen molar-refractivity contribution in [2.75, 3.05) is 13.2 Å². The number of hydrogen-bond donors (Lipinski definition) is 2. The highest BCUT2D eigenvalue weighted by Crippen LogP contribution is 2.38. The van der Waals surface area contributed by atoms with Gasteiger partial charge in [-0.15, -0.1) is 0 Å². The first kappa shape index (κ1) is 34.7. The minimum atomic E-state index is -1.21. The molecule has 2 fully saturated rings. The zero-order valence-electron chi connectivity index (χ0n) is 26.1. The summed E-state index contributed by atoms with van der Waals surface area (Å²) in [5, 5.41) is 5.96. The number of aromatic nitrogens is 1. The molecule has 2 heterocycles. The first-order valence-electron chi connectivity index (χ1n) is 14.9. The summed E-state index contributed by atoms with van der Waals surface area (Å²) in [6.07, 6.45) is 4.59. The Morgan fingerprint density at radius 3 is 2.38 bits per heavy atom. The number of nitrogens with zero attached hydrogens (tertiary/aromatic N) is 1. The lowest BCUT2D eigenvalue weighted by atomic mass is 10.0. The number of benzene rings is 1. The van der Waals surface area contributed by atoms with Crippen molar-refractivity contribution in [1.82, 2.24) is 15.2 Å². The molecule has 42 heavy (non-hydrogen) atoms. The zero-order chi connectivity index (χ0) is 31.6. The second-order valence-corrected chi connectivity index (χ2v) is 11.1. The van der Waals surface area contributed by atoms with Gasteiger partial charge in [-0.3, -0.25) is 4.79 Å². The lowest BCUT2D eigenvalue weighted by molar-refractivity contribution is 0.0502. The fourth-order valence-electron chi connectivity index (χ4n) is 4.40. The van der Waals surface area contributed by atoms with Crippen LogP contribution in [0.3, 0.4) is 0 Å². The highest BCUT2D eigenvalue weighted by molar-refractivity contribution is 5.95. The average molecular weight is 590 g/mol. The summed E-state index contributed by atoms with van der Waals surface area (Å²) in [4.78, 5) is 37.4. The SMILES string of the molecule is CC.CCC.CCOC(=O)c1cn(C2CC2)c2c(C#CCC3CC(NC(=O)OC(C)(C)C)CN3)c(F)c(F)cc2c1=O. The van der Waals surface area contributed by atoms with E-state index in [2.05, 4.69) is 36.3 Å². The van der Waals surface area contributed by atoms with Crippen LogP contribution in [0.4, 0.5) is 13.6 Å². The molecular formula is C32H45F2N3O5. The molecule has 2 N–H and O–H groups in total. The van der Waals surface area contributed by atoms with Gasteiger partial charge in [0.2, 0.25) is 5.43 Å². The molecule has 2 atom stereocenters. The molecule has 0 radical (unpaired) electrons. The Hall–Kier alpha value is -3.45. The Bertz CT molecular complexity index is 1370. The predicted molar refractivity (Wildman–Crippen MR) is 161 cm³/mol. The van der Waals surface area contributed by atoms with Crippen LogP contribution >= 0.6 is 0 Å². The van der Waals surface area contributed by atoms with E-state index in [0.29, 0.717) is 19.4 Å². The van der Waals surface area contributed by atoms with Gasteiger partial charge in [0.15, 0.2) is 11.6 Å². The van der Waals surface area contributed by atoms with E-state index in [0.717, 1.165) is 18.9 Å². The molecule has 1 amide bonds. The highest BCUT2D eigenvalue weighted by atomic mass is 19.2. The monoisotopic (exact) mass is 589 g/mol. The Morgan fingerprint density at radius 2 is 1.81 bits per heavy atom. The summed E-state index contributed by atoms with van der Waals surface area (Å²) in [7, 11) is 0. The Balaban J connectivity index is 0.00000116. The largest absolute Gasteiger partial charge is 0.462 e. The van der Waals surface area contributed by atoms with Gasteiger partial charge >= 0.3 is 12.1 Å². The summed E-state index contributed by atoms with van der Waals surface area (Å²) >= 11 is 0. The average Bonchev–Trinajstić information content (AvgIpc) is 3.67. The van der Waals surface area contributed by atoms with Crippen molar-refractivity contribution in [3.8, 4) is 11.8 Å². The van der Waals surface area contributed by atoms with Gasteiger partial charge in [0.05, 0.1) is 23.1 Å². The van der Waals surface area contributed by atoms with E-state index in [4.69, 9.17) is 9.47 Å². The molecule has 1 aromatic heterocycles. The molecule has 1 aliphatic heterocycles. The second kappa shape index (κ2) is 15.7. The Labute approximate surface area is 247 Å². The molecule has 1 saturated heterocycles. The molecule has 1 aliphatic carbocycles. The number of esters is 1. The third-order valence-electron chi connectivity index (χ3n) is 6.15. The number of pyridine rings is 1. The maximum atomic E-state index is 15.0. The minimum Gasteiger partial charge on any atom is -0.462 e. The Morgan fingerprint density at radius 1 is 1.17 bits per heavy atom. The van der Waals surface area contributed by atoms with Crippen molar-refractivity contribution in [3.05, 3.63) is 45.2 Å². The fraction of sp³-hybridized carbons (Fsp3) is 0.594. The third-order valence-corrected chi connectivity index (χ3v) is 6.15. The van der Waals surface area contributed by atoms with E-state index in [1.165, 1.54) is 12.6 Å². The summed E-state index contributed by atoms with van der Waals surface area (Å²) in [5.41, 5.74) is -1.57. The molecule has 2 aromatic rings. The number of carbonyl (C=O) groups is 2. The van der Waals surface area contributed by atoms with Crippen LogP contribution in [0.1, 0.15) is 109 Å². The molecule has 1 saturated carbocycles. The van der Waals surface area contributed by atoms with Crippen molar-refractivity contribution >= 4 is 23.0 Å². The topological polar surface area (TPSA) is 98.7 Å². The Kier molecular flexibility index (Phi) is 13.0. The molecule has 232 valence electrons. The molecule has 10 heteroatoms. The van der Waals surface area contributed by atoms with Crippen LogP contribution in [-0.4, -0.2) is 47.5 Å². The van der Waals surface area contributed by atoms with E-state index < -0.39 is 34.7 Å². The van der Waals surface area contributed by atoms with Gasteiger partial charge in [-0.25, -0.2) is 18.4 Å². The van der Waals surface area contributed by atoms with Crippen LogP contribution in [0, 0.1) is 23.5 Å². The number of hydrogen-bond acceptors (Lipinski definition) is 6. The molecule has 1 aromatic carbocycles. The van der Waals surface area contributed by atoms with Gasteiger partial charge in [0.1, 0.15) is 11.2 Å². The molecular weight excluding hydrogens is 544 g/mol. The molecule has 4 rings (SSSR count). The maximum Gasteiger partial charge on any atom is 0.407 e. The van der Waals surface area contributed by atoms with Gasteiger partial charge in [0, 0.05) is 37.3 Å². The first-order chi connectivity index (χ1) is 19.9. The van der Waals surface area contributed by atoms with Crippen LogP contribution in [-0.2, 0) is 9.47 Å². The van der Waals surface area contributed by atoms with Crippen LogP contribution in [0.15, 0.2) is 17.1 Å². The molecule has 8 nitrogen and oxygen atoms in total. The first-order valence-corrected chi connectivity index (χ1v) is 14.9. The van der Waals surface area contributed by atoms with Gasteiger partial charge in [-0.1, -0.05) is 46.0 Å². The maximum absolute atomic E-state index is 15.0. The van der Waals surface area contributed by atoms with E-state index in [1.54, 1.807) is 32.3 Å². The van der Waals surface area contributed by atoms with Crippen LogP contribution < -0.4 is 16.1 Å². The number of amides is 1. The van der Waals surface area contributed by atoms with Crippen molar-refractivity contribution in [1.29, 1.82) is 0 Å². The van der Waals surface area contributed by atoms with Gasteiger partial charge in [0.25, 0.3) is 0 Å². The number of nitrogens with one attached hydrogen (secondary N) is 2. The van der Waals surface area contributed by atoms with E-state index >= 15 is 0 Å². The van der Waals surface area contributed by atoms with E-state index in [1.807, 2.05) is 13.8 Å². The predicted octanol–water partition coefficient (Wildman–Crippen LogP) is 6.23. The van der Waals surface area contributed by atoms with Gasteiger partial charge in [-0.2, -0.15) is 0 Å². The quantitative estimate of drug-likeness (QED) is 0.317. The van der Waals surface area contributed by atoms with E-state index in [9.17, 15) is 23.2 Å². The number of fused-ring (bicyclic) bond motifs is 1. The number of ether oxygens (including phenoxy) is 2. The van der Waals surface area contributed by atoms with Gasteiger partial charge < -0.3 is 24.7 Å². The zero-order valence-corrected chi connectivity index (χ0v) is 26.1. The van der Waals surface area contributed by atoms with Crippen LogP contribution in [0.2, 0.25) is 0 Å². The van der Waals surface area contributed by atoms with Crippen molar-refractivity contribution in [3.63, 3.8) is 0 Å². The summed E-state index contributed by atoms with van der Waals surface area (Å²) in [6.45, 7) is 15.8. The standard InChI is InChI=1S/C27H31F2N3O5.C3H8.C2H6/c1-5-36-25(34)20-14-32(17-9-10-17)23-18(22(29)21(28)12-19(23)24(20)33)8-6-7-15-11-16(13-30-15)31-26(35)37-27(2,3)4;1-3-2;1-2/h12,14-17,30H,5,7,9-11,13H2,1-4H3,(H,31,35);3H2,1-2H3;1-2H3. The minimum absolute atomic E-state index is 0.0436. The molecule has 0 bridgehead atoms. The molecule has 2 unspecified atom stereocenters. The molecule has 2 aliphatic rings. The summed E-state index contributed by atoms with van der Waals surface area (Å²) in [6, 6.07) is 0.564. The lowest BCUT2D eigenvalue weighted by Gasteiger charge is -2.21. The smallest absolute Gasteiger partial charge is 0.407 e. The number of rotatable bonds is 5. The van der Waals surface area contributed by atoms with Crippen LogP contribution in [0.5, 0.6) is 0 Å². The van der Waals surface area contributed by atoms with Crippen molar-refractivity contribution < 1.29 is 27.8 Å². The highest BCUT2D eigenvalue weighted by Gasteiger charge is 2.30. The van der Waals surface area contributed by atoms with Gasteiger partial charge in [-0.05, 0) is 53.0 Å². The number of alkyl carbamates (subject to hydrolysis) is 1. The lowest BCUT2D eigenvalue weighted by Crippen LogP contribution is -2.40. The number of carbonyl (C=O) groups excluding carboxylic acids is 2. The number of halogens is 2.